The number of nitrogens with one attached hydrogen (secondary N) is 1. The first kappa shape index (κ1) is 13.3. The van der Waals surface area contributed by atoms with E-state index in [9.17, 15) is 4.39 Å². The molecule has 0 bridgehead atoms. The Kier molecular flexibility index (Phi) is 4.19. The van der Waals surface area contributed by atoms with Crippen molar-refractivity contribution in [2.45, 2.75) is 32.5 Å². The molecule has 0 radical (unpaired) electrons. The third-order valence-corrected chi connectivity index (χ3v) is 3.50. The lowest BCUT2D eigenvalue weighted by atomic mass is 10.1. The average molecular weight is 252 g/mol. The van der Waals surface area contributed by atoms with Crippen LogP contribution in [-0.4, -0.2) is 37.2 Å². The highest BCUT2D eigenvalue weighted by atomic mass is 19.1. The van der Waals surface area contributed by atoms with Gasteiger partial charge in [0.15, 0.2) is 11.6 Å². The smallest absolute Gasteiger partial charge is 0.165 e. The van der Waals surface area contributed by atoms with E-state index < -0.39 is 0 Å². The molecule has 0 saturated carbocycles. The molecule has 0 aromatic heterocycles. The van der Waals surface area contributed by atoms with Gasteiger partial charge in [-0.1, -0.05) is 6.07 Å². The molecule has 1 aromatic rings. The topological polar surface area (TPSA) is 24.5 Å². The minimum Gasteiger partial charge on any atom is -0.494 e. The summed E-state index contributed by atoms with van der Waals surface area (Å²) in [4.78, 5) is 2.38. The maximum atomic E-state index is 13.6. The first-order valence-electron chi connectivity index (χ1n) is 6.40. The molecular formula is C14H21FN2O. The van der Waals surface area contributed by atoms with Crippen molar-refractivity contribution in [1.82, 2.24) is 10.2 Å². The molecule has 1 fully saturated rings. The molecule has 100 valence electrons. The first-order valence-corrected chi connectivity index (χ1v) is 6.40. The van der Waals surface area contributed by atoms with Crippen LogP contribution in [0.15, 0.2) is 18.2 Å². The summed E-state index contributed by atoms with van der Waals surface area (Å²) in [6.07, 6.45) is 0. The van der Waals surface area contributed by atoms with E-state index in [1.165, 1.54) is 7.11 Å². The molecule has 0 aliphatic carbocycles. The van der Waals surface area contributed by atoms with E-state index in [1.54, 1.807) is 12.1 Å². The quantitative estimate of drug-likeness (QED) is 0.890. The standard InChI is InChI=1S/C14H21FN2O/c1-10-8-17(11(2)7-16-10)9-12-4-5-14(18-3)13(15)6-12/h4-6,10-11,16H,7-9H2,1-3H3. The van der Waals surface area contributed by atoms with Crippen molar-refractivity contribution in [3.63, 3.8) is 0 Å². The molecule has 1 aromatic carbocycles. The molecular weight excluding hydrogens is 231 g/mol. The van der Waals surface area contributed by atoms with Gasteiger partial charge in [-0.3, -0.25) is 4.90 Å². The van der Waals surface area contributed by atoms with Crippen LogP contribution in [0.25, 0.3) is 0 Å². The monoisotopic (exact) mass is 252 g/mol. The maximum Gasteiger partial charge on any atom is 0.165 e. The van der Waals surface area contributed by atoms with E-state index in [0.29, 0.717) is 17.8 Å². The SMILES string of the molecule is COc1ccc(CN2CC(C)NCC2C)cc1F. The number of benzene rings is 1. The Hall–Kier alpha value is -1.13. The van der Waals surface area contributed by atoms with Gasteiger partial charge in [0.05, 0.1) is 7.11 Å². The Morgan fingerprint density at radius 3 is 2.89 bits per heavy atom. The van der Waals surface area contributed by atoms with Crippen molar-refractivity contribution in [1.29, 1.82) is 0 Å². The van der Waals surface area contributed by atoms with Crippen LogP contribution in [0.5, 0.6) is 5.75 Å². The minimum atomic E-state index is -0.286. The Bertz CT molecular complexity index is 411. The summed E-state index contributed by atoms with van der Waals surface area (Å²) in [5, 5.41) is 3.44. The molecule has 1 N–H and O–H groups in total. The fourth-order valence-electron chi connectivity index (χ4n) is 2.36. The average Bonchev–Trinajstić information content (AvgIpc) is 2.34. The number of hydrogen-bond donors (Lipinski definition) is 1. The molecule has 3 nitrogen and oxygen atoms in total. The lowest BCUT2D eigenvalue weighted by molar-refractivity contribution is 0.138. The fraction of sp³-hybridized carbons (Fsp3) is 0.571. The van der Waals surface area contributed by atoms with Crippen LogP contribution in [0.4, 0.5) is 4.39 Å². The summed E-state index contributed by atoms with van der Waals surface area (Å²) in [6.45, 7) is 7.13. The van der Waals surface area contributed by atoms with Gasteiger partial charge in [0, 0.05) is 31.7 Å². The molecule has 1 aliphatic heterocycles. The highest BCUT2D eigenvalue weighted by Crippen LogP contribution is 2.20. The summed E-state index contributed by atoms with van der Waals surface area (Å²) in [5.41, 5.74) is 0.995. The summed E-state index contributed by atoms with van der Waals surface area (Å²) >= 11 is 0. The number of halogens is 1. The van der Waals surface area contributed by atoms with E-state index in [2.05, 4.69) is 24.1 Å². The lowest BCUT2D eigenvalue weighted by Crippen LogP contribution is -2.53. The van der Waals surface area contributed by atoms with Crippen LogP contribution >= 0.6 is 0 Å². The Morgan fingerprint density at radius 2 is 2.22 bits per heavy atom. The van der Waals surface area contributed by atoms with Crippen molar-refractivity contribution in [2.24, 2.45) is 0 Å². The number of nitrogens with zero attached hydrogens (tertiary/aromatic N) is 1. The van der Waals surface area contributed by atoms with Gasteiger partial charge in [0.1, 0.15) is 0 Å². The normalized spacial score (nSPS) is 25.1. The molecule has 2 rings (SSSR count). The van der Waals surface area contributed by atoms with Gasteiger partial charge in [-0.15, -0.1) is 0 Å². The van der Waals surface area contributed by atoms with Gasteiger partial charge >= 0.3 is 0 Å². The zero-order valence-corrected chi connectivity index (χ0v) is 11.2. The molecule has 2 atom stereocenters. The number of methoxy groups -OCH3 is 1. The largest absolute Gasteiger partial charge is 0.494 e. The zero-order valence-electron chi connectivity index (χ0n) is 11.2. The van der Waals surface area contributed by atoms with Gasteiger partial charge in [-0.2, -0.15) is 0 Å². The van der Waals surface area contributed by atoms with Crippen molar-refractivity contribution in [3.05, 3.63) is 29.6 Å². The molecule has 2 unspecified atom stereocenters. The Labute approximate surface area is 108 Å². The van der Waals surface area contributed by atoms with Gasteiger partial charge in [0.25, 0.3) is 0 Å². The highest BCUT2D eigenvalue weighted by molar-refractivity contribution is 5.29. The molecule has 1 saturated heterocycles. The van der Waals surface area contributed by atoms with Crippen LogP contribution in [0.1, 0.15) is 19.4 Å². The summed E-state index contributed by atoms with van der Waals surface area (Å²) < 4.78 is 18.6. The van der Waals surface area contributed by atoms with Crippen LogP contribution in [-0.2, 0) is 6.54 Å². The maximum absolute atomic E-state index is 13.6. The van der Waals surface area contributed by atoms with Crippen molar-refractivity contribution in [2.75, 3.05) is 20.2 Å². The van der Waals surface area contributed by atoms with Gasteiger partial charge in [0.2, 0.25) is 0 Å². The predicted octanol–water partition coefficient (Wildman–Crippen LogP) is 2.02. The third kappa shape index (κ3) is 3.00. The van der Waals surface area contributed by atoms with Crippen molar-refractivity contribution >= 4 is 0 Å². The highest BCUT2D eigenvalue weighted by Gasteiger charge is 2.22. The fourth-order valence-corrected chi connectivity index (χ4v) is 2.36. The van der Waals surface area contributed by atoms with Gasteiger partial charge in [-0.25, -0.2) is 4.39 Å². The van der Waals surface area contributed by atoms with E-state index >= 15 is 0 Å². The van der Waals surface area contributed by atoms with Crippen molar-refractivity contribution < 1.29 is 9.13 Å². The first-order chi connectivity index (χ1) is 8.60. The second kappa shape index (κ2) is 5.67. The molecule has 0 amide bonds. The molecule has 0 spiro atoms. The van der Waals surface area contributed by atoms with Crippen LogP contribution in [0.3, 0.4) is 0 Å². The number of hydrogen-bond acceptors (Lipinski definition) is 3. The van der Waals surface area contributed by atoms with Crippen molar-refractivity contribution in [3.8, 4) is 5.75 Å². The molecule has 4 heteroatoms. The number of rotatable bonds is 3. The van der Waals surface area contributed by atoms with Gasteiger partial charge in [-0.05, 0) is 31.5 Å². The van der Waals surface area contributed by atoms with E-state index in [-0.39, 0.29) is 5.82 Å². The van der Waals surface area contributed by atoms with E-state index in [4.69, 9.17) is 4.74 Å². The van der Waals surface area contributed by atoms with Crippen LogP contribution in [0.2, 0.25) is 0 Å². The van der Waals surface area contributed by atoms with Gasteiger partial charge < -0.3 is 10.1 Å². The summed E-state index contributed by atoms with van der Waals surface area (Å²) in [7, 11) is 1.48. The lowest BCUT2D eigenvalue weighted by Gasteiger charge is -2.37. The number of ether oxygens (including phenoxy) is 1. The zero-order chi connectivity index (χ0) is 13.1. The molecule has 1 heterocycles. The minimum absolute atomic E-state index is 0.286. The Morgan fingerprint density at radius 1 is 1.44 bits per heavy atom. The molecule has 1 aliphatic rings. The van der Waals surface area contributed by atoms with Crippen LogP contribution < -0.4 is 10.1 Å². The number of piperazine rings is 1. The van der Waals surface area contributed by atoms with E-state index in [1.807, 2.05) is 6.07 Å². The van der Waals surface area contributed by atoms with E-state index in [0.717, 1.165) is 25.2 Å². The van der Waals surface area contributed by atoms with Crippen LogP contribution in [0, 0.1) is 5.82 Å². The molecule has 18 heavy (non-hydrogen) atoms. The second-order valence-corrected chi connectivity index (χ2v) is 5.06. The Balaban J connectivity index is 2.06. The second-order valence-electron chi connectivity index (χ2n) is 5.06. The third-order valence-electron chi connectivity index (χ3n) is 3.50. The summed E-state index contributed by atoms with van der Waals surface area (Å²) in [5.74, 6) is 0.0197. The predicted molar refractivity (Wildman–Crippen MR) is 70.3 cm³/mol. The summed E-state index contributed by atoms with van der Waals surface area (Å²) in [6, 6.07) is 6.16.